The van der Waals surface area contributed by atoms with Gasteiger partial charge in [-0.25, -0.2) is 13.4 Å². The molecule has 0 radical (unpaired) electrons. The molecule has 2 aliphatic heterocycles. The monoisotopic (exact) mass is 430 g/mol. The number of fused-ring (bicyclic) bond motifs is 1. The molecule has 0 amide bonds. The molecule has 1 saturated heterocycles. The first-order chi connectivity index (χ1) is 14.3. The molecule has 7 nitrogen and oxygen atoms in total. The molecule has 162 valence electrons. The van der Waals surface area contributed by atoms with Gasteiger partial charge in [0.05, 0.1) is 17.5 Å². The highest BCUT2D eigenvalue weighted by atomic mass is 32.2. The zero-order valence-electron chi connectivity index (χ0n) is 17.7. The largest absolute Gasteiger partial charge is 0.310 e. The van der Waals surface area contributed by atoms with Crippen molar-refractivity contribution in [2.45, 2.75) is 51.6 Å². The van der Waals surface area contributed by atoms with Gasteiger partial charge in [0.25, 0.3) is 5.56 Å². The maximum Gasteiger partial charge on any atom is 0.255 e. The summed E-state index contributed by atoms with van der Waals surface area (Å²) in [5.41, 5.74) is 3.75. The van der Waals surface area contributed by atoms with E-state index < -0.39 is 10.0 Å². The molecule has 1 fully saturated rings. The van der Waals surface area contributed by atoms with Crippen LogP contribution in [0.15, 0.2) is 29.1 Å². The SMILES string of the molecule is CCc1ccc(CN2CCC(c3nc4c(c(=O)[nH]3)CN(S(C)(=O)=O)CC4)CC2)cc1. The van der Waals surface area contributed by atoms with Crippen LogP contribution in [0.3, 0.4) is 0 Å². The molecule has 8 heteroatoms. The van der Waals surface area contributed by atoms with Gasteiger partial charge in [-0.05, 0) is 43.5 Å². The van der Waals surface area contributed by atoms with Gasteiger partial charge in [0, 0.05) is 32.0 Å². The first kappa shape index (κ1) is 21.2. The number of H-pyrrole nitrogens is 1. The summed E-state index contributed by atoms with van der Waals surface area (Å²) in [6.07, 6.45) is 4.66. The fourth-order valence-electron chi connectivity index (χ4n) is 4.40. The topological polar surface area (TPSA) is 86.4 Å². The van der Waals surface area contributed by atoms with Crippen molar-refractivity contribution >= 4 is 10.0 Å². The van der Waals surface area contributed by atoms with Gasteiger partial charge < -0.3 is 4.98 Å². The van der Waals surface area contributed by atoms with Gasteiger partial charge in [0.1, 0.15) is 5.82 Å². The molecule has 0 atom stereocenters. The Hall–Kier alpha value is -2.03. The Morgan fingerprint density at radius 3 is 2.40 bits per heavy atom. The van der Waals surface area contributed by atoms with Crippen LogP contribution in [-0.4, -0.2) is 53.5 Å². The molecular weight excluding hydrogens is 400 g/mol. The second-order valence-corrected chi connectivity index (χ2v) is 10.4. The van der Waals surface area contributed by atoms with E-state index in [1.807, 2.05) is 0 Å². The number of hydrogen-bond acceptors (Lipinski definition) is 5. The third-order valence-corrected chi connectivity index (χ3v) is 7.58. The third-order valence-electron chi connectivity index (χ3n) is 6.33. The first-order valence-corrected chi connectivity index (χ1v) is 12.6. The third kappa shape index (κ3) is 4.66. The number of rotatable bonds is 5. The number of likely N-dealkylation sites (tertiary alicyclic amines) is 1. The summed E-state index contributed by atoms with van der Waals surface area (Å²) in [5.74, 6) is 1.01. The molecule has 0 unspecified atom stereocenters. The fraction of sp³-hybridized carbons (Fsp3) is 0.545. The summed E-state index contributed by atoms with van der Waals surface area (Å²) in [6.45, 7) is 5.57. The summed E-state index contributed by atoms with van der Waals surface area (Å²) < 4.78 is 25.0. The molecule has 4 rings (SSSR count). The predicted octanol–water partition coefficient (Wildman–Crippen LogP) is 2.03. The van der Waals surface area contributed by atoms with Crippen molar-refractivity contribution < 1.29 is 8.42 Å². The normalized spacial score (nSPS) is 19.0. The number of aromatic amines is 1. The van der Waals surface area contributed by atoms with Crippen molar-refractivity contribution in [3.63, 3.8) is 0 Å². The Morgan fingerprint density at radius 1 is 1.10 bits per heavy atom. The smallest absolute Gasteiger partial charge is 0.255 e. The Kier molecular flexibility index (Phi) is 6.09. The second-order valence-electron chi connectivity index (χ2n) is 8.44. The number of hydrogen-bond donors (Lipinski definition) is 1. The summed E-state index contributed by atoms with van der Waals surface area (Å²) in [5, 5.41) is 0. The first-order valence-electron chi connectivity index (χ1n) is 10.7. The minimum Gasteiger partial charge on any atom is -0.310 e. The van der Waals surface area contributed by atoms with Crippen LogP contribution in [0.5, 0.6) is 0 Å². The second kappa shape index (κ2) is 8.61. The minimum absolute atomic E-state index is 0.117. The summed E-state index contributed by atoms with van der Waals surface area (Å²) in [7, 11) is -3.30. The Bertz CT molecular complexity index is 1050. The van der Waals surface area contributed by atoms with E-state index in [-0.39, 0.29) is 18.0 Å². The molecule has 1 N–H and O–H groups in total. The maximum absolute atomic E-state index is 12.6. The standard InChI is InChI=1S/C22H30N4O3S/c1-3-16-4-6-17(7-5-16)14-25-11-8-18(9-12-25)21-23-20-10-13-26(30(2,28)29)15-19(20)22(27)24-21/h4-7,18H,3,8-15H2,1-2H3,(H,23,24,27). The Balaban J connectivity index is 1.40. The van der Waals surface area contributed by atoms with Crippen molar-refractivity contribution in [1.29, 1.82) is 0 Å². The van der Waals surface area contributed by atoms with Crippen molar-refractivity contribution in [1.82, 2.24) is 19.2 Å². The van der Waals surface area contributed by atoms with Crippen molar-refractivity contribution in [2.24, 2.45) is 0 Å². The molecule has 3 heterocycles. The van der Waals surface area contributed by atoms with E-state index in [9.17, 15) is 13.2 Å². The van der Waals surface area contributed by atoms with Gasteiger partial charge in [-0.2, -0.15) is 4.31 Å². The van der Waals surface area contributed by atoms with Crippen LogP contribution >= 0.6 is 0 Å². The van der Waals surface area contributed by atoms with Gasteiger partial charge in [0.2, 0.25) is 10.0 Å². The van der Waals surface area contributed by atoms with E-state index in [2.05, 4.69) is 41.1 Å². The van der Waals surface area contributed by atoms with Gasteiger partial charge in [-0.15, -0.1) is 0 Å². The molecule has 0 saturated carbocycles. The van der Waals surface area contributed by atoms with E-state index in [1.165, 1.54) is 21.7 Å². The Labute approximate surface area is 178 Å². The number of nitrogens with one attached hydrogen (secondary N) is 1. The number of nitrogens with zero attached hydrogens (tertiary/aromatic N) is 3. The number of benzene rings is 1. The van der Waals surface area contributed by atoms with Gasteiger partial charge in [-0.1, -0.05) is 31.2 Å². The number of aromatic nitrogens is 2. The molecule has 2 aliphatic rings. The van der Waals surface area contributed by atoms with E-state index >= 15 is 0 Å². The molecule has 2 aromatic rings. The lowest BCUT2D eigenvalue weighted by Crippen LogP contribution is -2.40. The number of sulfonamides is 1. The average Bonchev–Trinajstić information content (AvgIpc) is 2.74. The van der Waals surface area contributed by atoms with Crippen LogP contribution in [-0.2, 0) is 36.0 Å². The highest BCUT2D eigenvalue weighted by molar-refractivity contribution is 7.88. The lowest BCUT2D eigenvalue weighted by atomic mass is 9.95. The van der Waals surface area contributed by atoms with Crippen molar-refractivity contribution in [2.75, 3.05) is 25.9 Å². The average molecular weight is 431 g/mol. The zero-order chi connectivity index (χ0) is 21.3. The van der Waals surface area contributed by atoms with Gasteiger partial charge in [0.15, 0.2) is 0 Å². The van der Waals surface area contributed by atoms with E-state index in [0.29, 0.717) is 18.5 Å². The van der Waals surface area contributed by atoms with E-state index in [0.717, 1.165) is 50.4 Å². The number of piperidine rings is 1. The molecule has 1 aromatic heterocycles. The van der Waals surface area contributed by atoms with Crippen molar-refractivity contribution in [3.05, 3.63) is 62.8 Å². The van der Waals surface area contributed by atoms with E-state index in [4.69, 9.17) is 4.98 Å². The predicted molar refractivity (Wildman–Crippen MR) is 117 cm³/mol. The van der Waals surface area contributed by atoms with Crippen LogP contribution in [0, 0.1) is 0 Å². The van der Waals surface area contributed by atoms with Gasteiger partial charge >= 0.3 is 0 Å². The fourth-order valence-corrected chi connectivity index (χ4v) is 5.19. The molecule has 0 bridgehead atoms. The zero-order valence-corrected chi connectivity index (χ0v) is 18.5. The van der Waals surface area contributed by atoms with Crippen LogP contribution in [0.1, 0.15) is 53.9 Å². The molecule has 0 aliphatic carbocycles. The molecular formula is C22H30N4O3S. The highest BCUT2D eigenvalue weighted by Gasteiger charge is 2.29. The quantitative estimate of drug-likeness (QED) is 0.784. The highest BCUT2D eigenvalue weighted by Crippen LogP contribution is 2.27. The summed E-state index contributed by atoms with van der Waals surface area (Å²) in [4.78, 5) is 22.8. The van der Waals surface area contributed by atoms with Gasteiger partial charge in [-0.3, -0.25) is 9.69 Å². The van der Waals surface area contributed by atoms with Crippen LogP contribution in [0.4, 0.5) is 0 Å². The van der Waals surface area contributed by atoms with Crippen LogP contribution < -0.4 is 5.56 Å². The van der Waals surface area contributed by atoms with Crippen LogP contribution in [0.2, 0.25) is 0 Å². The minimum atomic E-state index is -3.30. The molecule has 0 spiro atoms. The van der Waals surface area contributed by atoms with Crippen molar-refractivity contribution in [3.8, 4) is 0 Å². The maximum atomic E-state index is 12.6. The molecule has 30 heavy (non-hydrogen) atoms. The lowest BCUT2D eigenvalue weighted by molar-refractivity contribution is 0.201. The number of aryl methyl sites for hydroxylation is 1. The summed E-state index contributed by atoms with van der Waals surface area (Å²) in [6, 6.07) is 8.84. The summed E-state index contributed by atoms with van der Waals surface area (Å²) >= 11 is 0. The molecule has 1 aromatic carbocycles. The van der Waals surface area contributed by atoms with E-state index in [1.54, 1.807) is 0 Å². The van der Waals surface area contributed by atoms with Crippen LogP contribution in [0.25, 0.3) is 0 Å². The Morgan fingerprint density at radius 2 is 1.77 bits per heavy atom. The lowest BCUT2D eigenvalue weighted by Gasteiger charge is -2.32.